The van der Waals surface area contributed by atoms with Crippen LogP contribution in [0.3, 0.4) is 0 Å². The van der Waals surface area contributed by atoms with Gasteiger partial charge in [-0.1, -0.05) is 30.3 Å². The summed E-state index contributed by atoms with van der Waals surface area (Å²) < 4.78 is 0. The van der Waals surface area contributed by atoms with Crippen molar-refractivity contribution in [3.05, 3.63) is 35.9 Å². The highest BCUT2D eigenvalue weighted by Crippen LogP contribution is 2.21. The van der Waals surface area contributed by atoms with Crippen LogP contribution in [0, 0.1) is 16.7 Å². The first-order valence-electron chi connectivity index (χ1n) is 4.27. The van der Waals surface area contributed by atoms with E-state index in [1.807, 2.05) is 36.4 Å². The number of nitriles is 1. The van der Waals surface area contributed by atoms with Gasteiger partial charge in [0.15, 0.2) is 5.41 Å². The summed E-state index contributed by atoms with van der Waals surface area (Å²) in [6.07, 6.45) is 0.236. The van der Waals surface area contributed by atoms with Crippen molar-refractivity contribution in [1.29, 1.82) is 5.26 Å². The molecular weight excluding hydrogens is 178 g/mol. The second kappa shape index (κ2) is 3.93. The number of carbonyl (C=O) groups is 1. The van der Waals surface area contributed by atoms with Crippen molar-refractivity contribution in [1.82, 2.24) is 0 Å². The maximum Gasteiger partial charge on any atom is 0.324 e. The molecule has 72 valence electrons. The fourth-order valence-corrected chi connectivity index (χ4v) is 1.17. The van der Waals surface area contributed by atoms with Crippen LogP contribution >= 0.6 is 0 Å². The number of carboxylic acids is 1. The number of benzene rings is 1. The van der Waals surface area contributed by atoms with E-state index in [9.17, 15) is 4.79 Å². The molecule has 0 spiro atoms. The molecule has 0 aliphatic heterocycles. The number of nitrogens with zero attached hydrogens (tertiary/aromatic N) is 1. The van der Waals surface area contributed by atoms with Crippen LogP contribution in [0.25, 0.3) is 0 Å². The fourth-order valence-electron chi connectivity index (χ4n) is 1.17. The van der Waals surface area contributed by atoms with Gasteiger partial charge in [-0.25, -0.2) is 0 Å². The van der Waals surface area contributed by atoms with Gasteiger partial charge in [-0.2, -0.15) is 5.26 Å². The summed E-state index contributed by atoms with van der Waals surface area (Å²) in [7, 11) is 0. The van der Waals surface area contributed by atoms with E-state index in [-0.39, 0.29) is 6.42 Å². The van der Waals surface area contributed by atoms with E-state index in [0.29, 0.717) is 0 Å². The van der Waals surface area contributed by atoms with Crippen LogP contribution in [0.2, 0.25) is 0 Å². The van der Waals surface area contributed by atoms with E-state index in [2.05, 4.69) is 0 Å². The van der Waals surface area contributed by atoms with Gasteiger partial charge in [0.2, 0.25) is 0 Å². The number of aliphatic carboxylic acids is 1. The minimum Gasteiger partial charge on any atom is -0.480 e. The first-order chi connectivity index (χ1) is 6.58. The molecule has 0 fully saturated rings. The minimum atomic E-state index is -1.33. The summed E-state index contributed by atoms with van der Waals surface area (Å²) >= 11 is 0. The minimum absolute atomic E-state index is 0.236. The molecule has 0 heterocycles. The van der Waals surface area contributed by atoms with Crippen molar-refractivity contribution in [2.24, 2.45) is 5.41 Å². The SMILES string of the molecule is C[C@](C#N)(Cc1ccccc1)C(=O)O. The van der Waals surface area contributed by atoms with Gasteiger partial charge in [0, 0.05) is 6.42 Å². The summed E-state index contributed by atoms with van der Waals surface area (Å²) in [6, 6.07) is 11.0. The summed E-state index contributed by atoms with van der Waals surface area (Å²) in [5.41, 5.74) is -0.472. The van der Waals surface area contributed by atoms with Gasteiger partial charge in [0.25, 0.3) is 0 Å². The zero-order valence-electron chi connectivity index (χ0n) is 7.90. The quantitative estimate of drug-likeness (QED) is 0.789. The molecule has 0 saturated heterocycles. The molecule has 0 radical (unpaired) electrons. The standard InChI is InChI=1S/C11H11NO2/c1-11(8-12,10(13)14)7-9-5-3-2-4-6-9/h2-6H,7H2,1H3,(H,13,14)/t11-/m1/s1. The van der Waals surface area contributed by atoms with E-state index < -0.39 is 11.4 Å². The van der Waals surface area contributed by atoms with E-state index in [1.54, 1.807) is 0 Å². The average Bonchev–Trinajstić information content (AvgIpc) is 2.19. The molecule has 1 rings (SSSR count). The van der Waals surface area contributed by atoms with Crippen molar-refractivity contribution in [2.45, 2.75) is 13.3 Å². The van der Waals surface area contributed by atoms with Crippen molar-refractivity contribution in [2.75, 3.05) is 0 Å². The predicted octanol–water partition coefficient (Wildman–Crippen LogP) is 1.84. The topological polar surface area (TPSA) is 61.1 Å². The Morgan fingerprint density at radius 2 is 2.07 bits per heavy atom. The van der Waals surface area contributed by atoms with Gasteiger partial charge in [-0.15, -0.1) is 0 Å². The Hall–Kier alpha value is -1.82. The zero-order chi connectivity index (χ0) is 10.6. The Balaban J connectivity index is 2.88. The molecule has 14 heavy (non-hydrogen) atoms. The van der Waals surface area contributed by atoms with Crippen LogP contribution in [0.5, 0.6) is 0 Å². The molecule has 0 bridgehead atoms. The van der Waals surface area contributed by atoms with Crippen molar-refractivity contribution in [3.8, 4) is 6.07 Å². The van der Waals surface area contributed by atoms with Gasteiger partial charge < -0.3 is 5.11 Å². The number of rotatable bonds is 3. The van der Waals surface area contributed by atoms with E-state index >= 15 is 0 Å². The zero-order valence-corrected chi connectivity index (χ0v) is 7.90. The molecule has 0 aromatic heterocycles. The van der Waals surface area contributed by atoms with Crippen LogP contribution < -0.4 is 0 Å². The number of hydrogen-bond donors (Lipinski definition) is 1. The Morgan fingerprint density at radius 3 is 2.50 bits per heavy atom. The molecular formula is C11H11NO2. The molecule has 1 aromatic rings. The molecule has 1 aromatic carbocycles. The maximum atomic E-state index is 10.8. The lowest BCUT2D eigenvalue weighted by molar-refractivity contribution is -0.144. The van der Waals surface area contributed by atoms with E-state index in [0.717, 1.165) is 5.56 Å². The smallest absolute Gasteiger partial charge is 0.324 e. The van der Waals surface area contributed by atoms with E-state index in [1.165, 1.54) is 6.92 Å². The van der Waals surface area contributed by atoms with Crippen LogP contribution in [-0.4, -0.2) is 11.1 Å². The van der Waals surface area contributed by atoms with Gasteiger partial charge in [0.05, 0.1) is 6.07 Å². The third kappa shape index (κ3) is 2.11. The lowest BCUT2D eigenvalue weighted by Gasteiger charge is -2.15. The van der Waals surface area contributed by atoms with Gasteiger partial charge in [-0.3, -0.25) is 4.79 Å². The average molecular weight is 189 g/mol. The third-order valence-corrected chi connectivity index (χ3v) is 2.12. The Morgan fingerprint density at radius 1 is 1.50 bits per heavy atom. The van der Waals surface area contributed by atoms with Gasteiger partial charge in [-0.05, 0) is 12.5 Å². The second-order valence-corrected chi connectivity index (χ2v) is 3.41. The molecule has 3 nitrogen and oxygen atoms in total. The number of carboxylic acid groups (broad SMARTS) is 1. The Kier molecular flexibility index (Phi) is 2.88. The van der Waals surface area contributed by atoms with Crippen LogP contribution in [-0.2, 0) is 11.2 Å². The second-order valence-electron chi connectivity index (χ2n) is 3.41. The molecule has 0 unspecified atom stereocenters. The van der Waals surface area contributed by atoms with Gasteiger partial charge in [0.1, 0.15) is 0 Å². The molecule has 0 aliphatic rings. The third-order valence-electron chi connectivity index (χ3n) is 2.12. The van der Waals surface area contributed by atoms with Crippen LogP contribution in [0.1, 0.15) is 12.5 Å². The summed E-state index contributed by atoms with van der Waals surface area (Å²) in [5.74, 6) is -1.08. The highest BCUT2D eigenvalue weighted by atomic mass is 16.4. The molecule has 0 amide bonds. The highest BCUT2D eigenvalue weighted by Gasteiger charge is 2.33. The van der Waals surface area contributed by atoms with Crippen molar-refractivity contribution >= 4 is 5.97 Å². The van der Waals surface area contributed by atoms with Crippen LogP contribution in [0.15, 0.2) is 30.3 Å². The molecule has 0 aliphatic carbocycles. The maximum absolute atomic E-state index is 10.8. The first-order valence-corrected chi connectivity index (χ1v) is 4.27. The Labute approximate surface area is 82.6 Å². The molecule has 3 heteroatoms. The first kappa shape index (κ1) is 10.3. The largest absolute Gasteiger partial charge is 0.480 e. The molecule has 1 atom stereocenters. The highest BCUT2D eigenvalue weighted by molar-refractivity contribution is 5.77. The monoisotopic (exact) mass is 189 g/mol. The lowest BCUT2D eigenvalue weighted by Crippen LogP contribution is -2.28. The summed E-state index contributed by atoms with van der Waals surface area (Å²) in [4.78, 5) is 10.8. The van der Waals surface area contributed by atoms with Crippen LogP contribution in [0.4, 0.5) is 0 Å². The number of hydrogen-bond acceptors (Lipinski definition) is 2. The summed E-state index contributed by atoms with van der Waals surface area (Å²) in [6.45, 7) is 1.43. The predicted molar refractivity (Wildman–Crippen MR) is 51.5 cm³/mol. The lowest BCUT2D eigenvalue weighted by atomic mass is 9.85. The normalized spacial score (nSPS) is 14.0. The molecule has 1 N–H and O–H groups in total. The Bertz CT molecular complexity index is 367. The van der Waals surface area contributed by atoms with Crippen molar-refractivity contribution < 1.29 is 9.90 Å². The van der Waals surface area contributed by atoms with Crippen molar-refractivity contribution in [3.63, 3.8) is 0 Å². The summed E-state index contributed by atoms with van der Waals surface area (Å²) in [5, 5.41) is 17.7. The van der Waals surface area contributed by atoms with Gasteiger partial charge >= 0.3 is 5.97 Å². The fraction of sp³-hybridized carbons (Fsp3) is 0.273. The van der Waals surface area contributed by atoms with E-state index in [4.69, 9.17) is 10.4 Å². The molecule has 0 saturated carbocycles.